The van der Waals surface area contributed by atoms with Crippen LogP contribution in [0, 0.1) is 0 Å². The Kier molecular flexibility index (Phi) is 2.25. The Hall–Kier alpha value is 0.0200. The van der Waals surface area contributed by atoms with Crippen LogP contribution in [0.3, 0.4) is 0 Å². The minimum Gasteiger partial charge on any atom is -0.285 e. The fourth-order valence-corrected chi connectivity index (χ4v) is 0. The summed E-state index contributed by atoms with van der Waals surface area (Å²) in [5.74, 6) is -0.583. The monoisotopic (exact) mass is 108 g/mol. The zero-order chi connectivity index (χ0) is 5.15. The highest BCUT2D eigenvalue weighted by molar-refractivity contribution is 7.38. The molecule has 0 amide bonds. The van der Waals surface area contributed by atoms with Gasteiger partial charge in [0.15, 0.2) is 0 Å². The van der Waals surface area contributed by atoms with Crippen molar-refractivity contribution < 1.29 is 9.46 Å². The summed E-state index contributed by atoms with van der Waals surface area (Å²) in [6.07, 6.45) is 0. The normalized spacial score (nSPS) is 16.8. The van der Waals surface area contributed by atoms with Crippen molar-refractivity contribution in [3.05, 3.63) is 0 Å². The molecule has 1 unspecified atom stereocenters. The first-order chi connectivity index (χ1) is 2.64. The van der Waals surface area contributed by atoms with Crippen LogP contribution < -0.4 is 5.73 Å². The molecule has 0 rings (SSSR count). The molecule has 0 aromatic rings. The second kappa shape index (κ2) is 2.24. The van der Waals surface area contributed by atoms with Crippen molar-refractivity contribution in [1.82, 2.24) is 0 Å². The molecule has 0 heterocycles. The van der Waals surface area contributed by atoms with E-state index in [-0.39, 0.29) is 0 Å². The summed E-state index contributed by atoms with van der Waals surface area (Å²) < 4.78 is 9.72. The summed E-state index contributed by atoms with van der Waals surface area (Å²) in [4.78, 5) is 8.01. The van der Waals surface area contributed by atoms with Crippen LogP contribution in [0.15, 0.2) is 0 Å². The molecule has 0 aliphatic rings. The van der Waals surface area contributed by atoms with Gasteiger partial charge >= 0.3 is 8.03 Å². The minimum absolute atomic E-state index is 0.583. The maximum absolute atomic E-state index is 9.72. The van der Waals surface area contributed by atoms with Crippen molar-refractivity contribution in [2.45, 2.75) is 12.7 Å². The van der Waals surface area contributed by atoms with Gasteiger partial charge in [0.1, 0.15) is 0 Å². The van der Waals surface area contributed by atoms with Crippen LogP contribution in [0.1, 0.15) is 6.92 Å². The molecule has 3 nitrogen and oxygen atoms in total. The van der Waals surface area contributed by atoms with Gasteiger partial charge in [0.25, 0.3) is 0 Å². The molecule has 0 radical (unpaired) electrons. The second-order valence-electron chi connectivity index (χ2n) is 1.04. The molecule has 0 aliphatic carbocycles. The smallest absolute Gasteiger partial charge is 0.285 e. The molecule has 0 aromatic carbocycles. The van der Waals surface area contributed by atoms with Crippen LogP contribution in [0.5, 0.6) is 0 Å². The highest BCUT2D eigenvalue weighted by Crippen LogP contribution is 2.15. The van der Waals surface area contributed by atoms with Crippen molar-refractivity contribution >= 4 is 8.03 Å². The first-order valence-corrected chi connectivity index (χ1v) is 2.83. The zero-order valence-corrected chi connectivity index (χ0v) is 4.35. The maximum atomic E-state index is 9.72. The van der Waals surface area contributed by atoms with E-state index in [1.807, 2.05) is 0 Å². The fraction of sp³-hybridized carbons (Fsp3) is 1.00. The van der Waals surface area contributed by atoms with Gasteiger partial charge in [-0.05, 0) is 11.5 Å². The van der Waals surface area contributed by atoms with Crippen molar-refractivity contribution in [3.63, 3.8) is 0 Å². The molecule has 3 N–H and O–H groups in total. The van der Waals surface area contributed by atoms with Crippen molar-refractivity contribution in [2.75, 3.05) is 0 Å². The summed E-state index contributed by atoms with van der Waals surface area (Å²) in [6.45, 7) is 1.48. The predicted octanol–water partition coefficient (Wildman–Crippen LogP) is 0.0258. The number of rotatable bonds is 1. The molecule has 4 heteroatoms. The average molecular weight is 108 g/mol. The molecule has 0 aromatic heterocycles. The fourth-order valence-electron chi connectivity index (χ4n) is 0. The Balaban J connectivity index is 3.26. The number of hydrogen-bond donors (Lipinski definition) is 2. The molecule has 0 spiro atoms. The first kappa shape index (κ1) is 6.02. The summed E-state index contributed by atoms with van der Waals surface area (Å²) in [6, 6.07) is 0. The van der Waals surface area contributed by atoms with Crippen LogP contribution in [0.25, 0.3) is 0 Å². The van der Waals surface area contributed by atoms with E-state index in [2.05, 4.69) is 0 Å². The molecule has 2 atom stereocenters. The van der Waals surface area contributed by atoms with Gasteiger partial charge in [0, 0.05) is 0 Å². The predicted molar refractivity (Wildman–Crippen MR) is 23.5 cm³/mol. The van der Waals surface area contributed by atoms with Crippen molar-refractivity contribution in [3.8, 4) is 0 Å². The van der Waals surface area contributed by atoms with E-state index in [0.29, 0.717) is 0 Å². The molecule has 0 fully saturated rings. The lowest BCUT2D eigenvalue weighted by molar-refractivity contribution is 0.493. The Bertz CT molecular complexity index is 62.6. The third-order valence-corrected chi connectivity index (χ3v) is 1.05. The standard InChI is InChI=1S/C2H6NO2P/c1-2(3)6(4)5/h2H,3H2,1H3/p+1/t2-/m1/s1. The Morgan fingerprint density at radius 3 is 2.17 bits per heavy atom. The van der Waals surface area contributed by atoms with E-state index < -0.39 is 13.8 Å². The number of nitrogens with two attached hydrogens (primary N) is 1. The lowest BCUT2D eigenvalue weighted by Gasteiger charge is -1.75. The molecule has 6 heavy (non-hydrogen) atoms. The largest absolute Gasteiger partial charge is 0.524 e. The Morgan fingerprint density at radius 2 is 2.17 bits per heavy atom. The summed E-state index contributed by atoms with van der Waals surface area (Å²) in [5.41, 5.74) is 4.90. The van der Waals surface area contributed by atoms with Gasteiger partial charge in [-0.2, -0.15) is 4.89 Å². The summed E-state index contributed by atoms with van der Waals surface area (Å²) >= 11 is 0. The molecule has 0 saturated carbocycles. The van der Waals surface area contributed by atoms with Crippen LogP contribution >= 0.6 is 8.03 Å². The summed E-state index contributed by atoms with van der Waals surface area (Å²) in [7, 11) is -2.13. The van der Waals surface area contributed by atoms with Crippen LogP contribution in [0.2, 0.25) is 0 Å². The first-order valence-electron chi connectivity index (χ1n) is 1.55. The third kappa shape index (κ3) is 2.27. The zero-order valence-electron chi connectivity index (χ0n) is 3.46. The average Bonchev–Trinajstić information content (AvgIpc) is 1.36. The van der Waals surface area contributed by atoms with Gasteiger partial charge in [-0.15, -0.1) is 0 Å². The van der Waals surface area contributed by atoms with E-state index >= 15 is 0 Å². The maximum Gasteiger partial charge on any atom is 0.524 e. The molecule has 36 valence electrons. The van der Waals surface area contributed by atoms with Crippen molar-refractivity contribution in [1.29, 1.82) is 0 Å². The van der Waals surface area contributed by atoms with Gasteiger partial charge in [0.05, 0.1) is 0 Å². The SMILES string of the molecule is C[C@H](N)[P+](=O)O. The quantitative estimate of drug-likeness (QED) is 0.465. The van der Waals surface area contributed by atoms with E-state index in [9.17, 15) is 4.57 Å². The topological polar surface area (TPSA) is 63.3 Å². The second-order valence-corrected chi connectivity index (χ2v) is 2.46. The molecular weight excluding hydrogens is 101 g/mol. The van der Waals surface area contributed by atoms with E-state index in [1.54, 1.807) is 0 Å². The minimum atomic E-state index is -2.13. The number of hydrogen-bond acceptors (Lipinski definition) is 2. The lowest BCUT2D eigenvalue weighted by Crippen LogP contribution is -2.07. The molecule has 0 aliphatic heterocycles. The molecule has 0 saturated heterocycles. The van der Waals surface area contributed by atoms with Crippen LogP contribution in [-0.2, 0) is 4.57 Å². The third-order valence-electron chi connectivity index (χ3n) is 0.348. The highest BCUT2D eigenvalue weighted by Gasteiger charge is 2.15. The van der Waals surface area contributed by atoms with Gasteiger partial charge in [0.2, 0.25) is 5.78 Å². The molecular formula is C2H7NO2P+. The van der Waals surface area contributed by atoms with Gasteiger partial charge in [-0.3, -0.25) is 5.73 Å². The van der Waals surface area contributed by atoms with Crippen molar-refractivity contribution in [2.24, 2.45) is 5.73 Å². The van der Waals surface area contributed by atoms with Gasteiger partial charge in [-0.1, -0.05) is 0 Å². The Morgan fingerprint density at radius 1 is 2.00 bits per heavy atom. The van der Waals surface area contributed by atoms with E-state index in [4.69, 9.17) is 10.6 Å². The van der Waals surface area contributed by atoms with Gasteiger partial charge in [-0.25, -0.2) is 0 Å². The van der Waals surface area contributed by atoms with Crippen LogP contribution in [-0.4, -0.2) is 10.7 Å². The van der Waals surface area contributed by atoms with Crippen LogP contribution in [0.4, 0.5) is 0 Å². The highest BCUT2D eigenvalue weighted by atomic mass is 31.1. The summed E-state index contributed by atoms with van der Waals surface area (Å²) in [5, 5.41) is 0. The lowest BCUT2D eigenvalue weighted by atomic mass is 10.8. The Labute approximate surface area is 37.0 Å². The van der Waals surface area contributed by atoms with E-state index in [0.717, 1.165) is 0 Å². The molecule has 0 bridgehead atoms. The van der Waals surface area contributed by atoms with E-state index in [1.165, 1.54) is 6.92 Å². The van der Waals surface area contributed by atoms with Gasteiger partial charge < -0.3 is 0 Å².